The number of amides is 1. The number of aromatic nitrogens is 3. The standard InChI is InChI=1S/C19H21F3N4O2/c1-10(2)28-18-15(5-4-8-23-18)26-17(27)12-6-7-14-13(9-12)16(19(20,21)22)25-11(3)24-14/h4-5,8,10,12H,6-7,9H2,1-3H3,(H,26,27). The quantitative estimate of drug-likeness (QED) is 0.855. The van der Waals surface area contributed by atoms with Gasteiger partial charge in [0.15, 0.2) is 5.69 Å². The lowest BCUT2D eigenvalue weighted by Crippen LogP contribution is -2.31. The molecule has 6 nitrogen and oxygen atoms in total. The number of nitrogens with one attached hydrogen (secondary N) is 1. The fourth-order valence-corrected chi connectivity index (χ4v) is 3.23. The van der Waals surface area contributed by atoms with E-state index in [4.69, 9.17) is 4.74 Å². The van der Waals surface area contributed by atoms with Gasteiger partial charge in [-0.3, -0.25) is 4.79 Å². The van der Waals surface area contributed by atoms with Gasteiger partial charge in [-0.15, -0.1) is 0 Å². The van der Waals surface area contributed by atoms with Gasteiger partial charge in [0.05, 0.1) is 6.10 Å². The Labute approximate surface area is 160 Å². The maximum atomic E-state index is 13.4. The fourth-order valence-electron chi connectivity index (χ4n) is 3.23. The Hall–Kier alpha value is -2.71. The van der Waals surface area contributed by atoms with E-state index in [9.17, 15) is 18.0 Å². The summed E-state index contributed by atoms with van der Waals surface area (Å²) in [6.07, 6.45) is -2.54. The number of aryl methyl sites for hydroxylation is 2. The number of halogens is 3. The molecule has 0 saturated heterocycles. The van der Waals surface area contributed by atoms with Crippen LogP contribution in [0.3, 0.4) is 0 Å². The summed E-state index contributed by atoms with van der Waals surface area (Å²) >= 11 is 0. The third kappa shape index (κ3) is 4.40. The first kappa shape index (κ1) is 20.0. The van der Waals surface area contributed by atoms with Gasteiger partial charge in [0.2, 0.25) is 11.8 Å². The second-order valence-corrected chi connectivity index (χ2v) is 6.99. The molecule has 0 saturated carbocycles. The molecule has 1 N–H and O–H groups in total. The fraction of sp³-hybridized carbons (Fsp3) is 0.474. The Bertz CT molecular complexity index is 884. The molecule has 0 spiro atoms. The SMILES string of the molecule is Cc1nc2c(c(C(F)(F)F)n1)CC(C(=O)Nc1cccnc1OC(C)C)CC2. The molecule has 0 fully saturated rings. The van der Waals surface area contributed by atoms with Gasteiger partial charge >= 0.3 is 6.18 Å². The maximum Gasteiger partial charge on any atom is 0.433 e. The molecule has 9 heteroatoms. The number of ether oxygens (including phenoxy) is 1. The van der Waals surface area contributed by atoms with Crippen LogP contribution in [0, 0.1) is 12.8 Å². The van der Waals surface area contributed by atoms with E-state index in [-0.39, 0.29) is 35.7 Å². The third-order valence-corrected chi connectivity index (χ3v) is 4.40. The topological polar surface area (TPSA) is 77.0 Å². The first-order chi connectivity index (χ1) is 13.1. The average Bonchev–Trinajstić information content (AvgIpc) is 2.61. The predicted molar refractivity (Wildman–Crippen MR) is 95.9 cm³/mol. The van der Waals surface area contributed by atoms with Gasteiger partial charge in [-0.2, -0.15) is 13.2 Å². The number of pyridine rings is 1. The second-order valence-electron chi connectivity index (χ2n) is 6.99. The van der Waals surface area contributed by atoms with Crippen molar-refractivity contribution in [1.82, 2.24) is 15.0 Å². The lowest BCUT2D eigenvalue weighted by molar-refractivity contribution is -0.142. The Kier molecular flexibility index (Phi) is 5.53. The summed E-state index contributed by atoms with van der Waals surface area (Å²) in [6, 6.07) is 3.30. The zero-order valence-electron chi connectivity index (χ0n) is 15.8. The molecule has 1 atom stereocenters. The Morgan fingerprint density at radius 3 is 2.75 bits per heavy atom. The smallest absolute Gasteiger partial charge is 0.433 e. The number of carbonyl (C=O) groups is 1. The van der Waals surface area contributed by atoms with Gasteiger partial charge in [-0.05, 0) is 52.2 Å². The normalized spacial score (nSPS) is 16.6. The summed E-state index contributed by atoms with van der Waals surface area (Å²) in [5, 5.41) is 2.74. The van der Waals surface area contributed by atoms with Crippen molar-refractivity contribution in [2.45, 2.75) is 52.3 Å². The van der Waals surface area contributed by atoms with Gasteiger partial charge < -0.3 is 10.1 Å². The van der Waals surface area contributed by atoms with Crippen LogP contribution in [0.5, 0.6) is 5.88 Å². The summed E-state index contributed by atoms with van der Waals surface area (Å²) < 4.78 is 45.7. The Morgan fingerprint density at radius 1 is 1.32 bits per heavy atom. The number of hydrogen-bond donors (Lipinski definition) is 1. The van der Waals surface area contributed by atoms with E-state index < -0.39 is 17.8 Å². The maximum absolute atomic E-state index is 13.4. The molecule has 1 aliphatic carbocycles. The number of nitrogens with zero attached hydrogens (tertiary/aromatic N) is 3. The molecular weight excluding hydrogens is 373 g/mol. The van der Waals surface area contributed by atoms with Crippen LogP contribution < -0.4 is 10.1 Å². The number of carbonyl (C=O) groups excluding carboxylic acids is 1. The highest BCUT2D eigenvalue weighted by Gasteiger charge is 2.40. The predicted octanol–water partition coefficient (Wildman–Crippen LogP) is 3.73. The van der Waals surface area contributed by atoms with Crippen molar-refractivity contribution in [2.75, 3.05) is 5.32 Å². The van der Waals surface area contributed by atoms with Crippen LogP contribution in [0.4, 0.5) is 18.9 Å². The van der Waals surface area contributed by atoms with Gasteiger partial charge in [0, 0.05) is 23.4 Å². The number of anilines is 1. The third-order valence-electron chi connectivity index (χ3n) is 4.40. The van der Waals surface area contributed by atoms with Crippen LogP contribution in [0.2, 0.25) is 0 Å². The van der Waals surface area contributed by atoms with Crippen molar-refractivity contribution in [3.8, 4) is 5.88 Å². The molecule has 2 heterocycles. The molecule has 1 amide bonds. The molecule has 1 aliphatic rings. The van der Waals surface area contributed by atoms with Crippen LogP contribution >= 0.6 is 0 Å². The zero-order valence-corrected chi connectivity index (χ0v) is 15.8. The minimum atomic E-state index is -4.59. The summed E-state index contributed by atoms with van der Waals surface area (Å²) in [6.45, 7) is 5.10. The number of rotatable bonds is 4. The van der Waals surface area contributed by atoms with E-state index in [1.165, 1.54) is 6.92 Å². The van der Waals surface area contributed by atoms with Crippen molar-refractivity contribution in [2.24, 2.45) is 5.92 Å². The average molecular weight is 394 g/mol. The van der Waals surface area contributed by atoms with Crippen LogP contribution in [0.25, 0.3) is 0 Å². The highest BCUT2D eigenvalue weighted by molar-refractivity contribution is 5.94. The van der Waals surface area contributed by atoms with Gasteiger partial charge in [-0.25, -0.2) is 15.0 Å². The van der Waals surface area contributed by atoms with Crippen molar-refractivity contribution >= 4 is 11.6 Å². The lowest BCUT2D eigenvalue weighted by atomic mass is 9.85. The highest BCUT2D eigenvalue weighted by atomic mass is 19.4. The van der Waals surface area contributed by atoms with Crippen molar-refractivity contribution < 1.29 is 22.7 Å². The molecule has 0 aliphatic heterocycles. The largest absolute Gasteiger partial charge is 0.473 e. The Morgan fingerprint density at radius 2 is 2.07 bits per heavy atom. The molecule has 2 aromatic heterocycles. The van der Waals surface area contributed by atoms with E-state index in [1.807, 2.05) is 13.8 Å². The molecule has 0 bridgehead atoms. The van der Waals surface area contributed by atoms with Crippen LogP contribution in [0.15, 0.2) is 18.3 Å². The molecule has 3 rings (SSSR count). The minimum Gasteiger partial charge on any atom is -0.473 e. The summed E-state index contributed by atoms with van der Waals surface area (Å²) in [7, 11) is 0. The van der Waals surface area contributed by atoms with Crippen LogP contribution in [-0.2, 0) is 23.8 Å². The van der Waals surface area contributed by atoms with E-state index in [1.54, 1.807) is 18.3 Å². The van der Waals surface area contributed by atoms with Gasteiger partial charge in [0.1, 0.15) is 11.5 Å². The van der Waals surface area contributed by atoms with E-state index in [2.05, 4.69) is 20.3 Å². The van der Waals surface area contributed by atoms with Crippen molar-refractivity contribution in [1.29, 1.82) is 0 Å². The number of hydrogen-bond acceptors (Lipinski definition) is 5. The second kappa shape index (κ2) is 7.73. The first-order valence-electron chi connectivity index (χ1n) is 9.01. The molecular formula is C19H21F3N4O2. The van der Waals surface area contributed by atoms with Crippen LogP contribution in [0.1, 0.15) is 43.0 Å². The zero-order chi connectivity index (χ0) is 20.5. The van der Waals surface area contributed by atoms with E-state index in [0.717, 1.165) is 0 Å². The molecule has 0 aromatic carbocycles. The van der Waals surface area contributed by atoms with E-state index in [0.29, 0.717) is 24.2 Å². The number of fused-ring (bicyclic) bond motifs is 1. The number of alkyl halides is 3. The Balaban J connectivity index is 1.82. The monoisotopic (exact) mass is 394 g/mol. The minimum absolute atomic E-state index is 0.00865. The summed E-state index contributed by atoms with van der Waals surface area (Å²) in [5.41, 5.74) is -0.177. The molecule has 2 aromatic rings. The summed E-state index contributed by atoms with van der Waals surface area (Å²) in [5.74, 6) is -0.634. The highest BCUT2D eigenvalue weighted by Crippen LogP contribution is 2.36. The molecule has 28 heavy (non-hydrogen) atoms. The van der Waals surface area contributed by atoms with Gasteiger partial charge in [0.25, 0.3) is 0 Å². The van der Waals surface area contributed by atoms with Crippen molar-refractivity contribution in [3.63, 3.8) is 0 Å². The lowest BCUT2D eigenvalue weighted by Gasteiger charge is -2.26. The first-order valence-corrected chi connectivity index (χ1v) is 9.01. The van der Waals surface area contributed by atoms with Gasteiger partial charge in [-0.1, -0.05) is 0 Å². The van der Waals surface area contributed by atoms with Crippen molar-refractivity contribution in [3.05, 3.63) is 41.1 Å². The molecule has 1 unspecified atom stereocenters. The summed E-state index contributed by atoms with van der Waals surface area (Å²) in [4.78, 5) is 24.6. The molecule has 150 valence electrons. The van der Waals surface area contributed by atoms with E-state index >= 15 is 0 Å². The van der Waals surface area contributed by atoms with Crippen LogP contribution in [-0.4, -0.2) is 27.0 Å². The molecule has 0 radical (unpaired) electrons.